The molecule has 0 bridgehead atoms. The lowest BCUT2D eigenvalue weighted by Crippen LogP contribution is -2.09. The number of rotatable bonds is 7. The van der Waals surface area contributed by atoms with E-state index in [1.54, 1.807) is 0 Å². The molecule has 14 aromatic rings. The molecule has 0 amide bonds. The summed E-state index contributed by atoms with van der Waals surface area (Å²) in [6.07, 6.45) is 0. The minimum absolute atomic E-state index is 0.898. The van der Waals surface area contributed by atoms with Crippen LogP contribution in [-0.4, -0.2) is 4.57 Å². The number of anilines is 3. The molecule has 0 aliphatic heterocycles. The maximum absolute atomic E-state index is 6.46. The molecular formula is C66H42N2O. The van der Waals surface area contributed by atoms with Crippen LogP contribution in [0.15, 0.2) is 259 Å². The van der Waals surface area contributed by atoms with Gasteiger partial charge in [-0.25, -0.2) is 0 Å². The molecule has 0 aliphatic rings. The van der Waals surface area contributed by atoms with E-state index in [-0.39, 0.29) is 0 Å². The van der Waals surface area contributed by atoms with Crippen LogP contribution in [0.3, 0.4) is 0 Å². The van der Waals surface area contributed by atoms with Gasteiger partial charge in [0.25, 0.3) is 0 Å². The van der Waals surface area contributed by atoms with Gasteiger partial charge in [0.2, 0.25) is 0 Å². The molecule has 0 saturated heterocycles. The summed E-state index contributed by atoms with van der Waals surface area (Å²) >= 11 is 0. The van der Waals surface area contributed by atoms with Gasteiger partial charge in [-0.15, -0.1) is 0 Å². The summed E-state index contributed by atoms with van der Waals surface area (Å²) < 4.78 is 8.85. The highest BCUT2D eigenvalue weighted by atomic mass is 16.3. The highest BCUT2D eigenvalue weighted by Gasteiger charge is 2.18. The van der Waals surface area contributed by atoms with Gasteiger partial charge in [-0.1, -0.05) is 170 Å². The Morgan fingerprint density at radius 3 is 1.48 bits per heavy atom. The van der Waals surface area contributed by atoms with Gasteiger partial charge in [0.05, 0.1) is 11.0 Å². The molecule has 0 aliphatic carbocycles. The largest absolute Gasteiger partial charge is 0.455 e. The van der Waals surface area contributed by atoms with Crippen LogP contribution in [0, 0.1) is 0 Å². The molecule has 12 aromatic carbocycles. The van der Waals surface area contributed by atoms with E-state index in [0.717, 1.165) is 66.8 Å². The zero-order valence-corrected chi connectivity index (χ0v) is 37.6. The minimum atomic E-state index is 0.898. The number of nitrogens with zero attached hydrogens (tertiary/aromatic N) is 2. The Bertz CT molecular complexity index is 4240. The first kappa shape index (κ1) is 39.0. The molecule has 0 saturated carbocycles. The quantitative estimate of drug-likeness (QED) is 0.149. The molecule has 69 heavy (non-hydrogen) atoms. The van der Waals surface area contributed by atoms with Crippen LogP contribution in [0.4, 0.5) is 17.1 Å². The fraction of sp³-hybridized carbons (Fsp3) is 0. The molecule has 2 heterocycles. The van der Waals surface area contributed by atoms with Gasteiger partial charge in [0.1, 0.15) is 11.2 Å². The number of fused-ring (bicyclic) bond motifs is 11. The van der Waals surface area contributed by atoms with Crippen LogP contribution in [0.5, 0.6) is 0 Å². The zero-order chi connectivity index (χ0) is 45.4. The lowest BCUT2D eigenvalue weighted by atomic mass is 9.93. The Morgan fingerprint density at radius 1 is 0.290 bits per heavy atom. The molecule has 3 nitrogen and oxygen atoms in total. The average Bonchev–Trinajstić information content (AvgIpc) is 3.97. The minimum Gasteiger partial charge on any atom is -0.455 e. The first-order chi connectivity index (χ1) is 34.2. The Balaban J connectivity index is 0.851. The Hall–Kier alpha value is -9.18. The van der Waals surface area contributed by atoms with Gasteiger partial charge >= 0.3 is 0 Å². The number of para-hydroxylation sites is 2. The summed E-state index contributed by atoms with van der Waals surface area (Å²) in [5.74, 6) is 0. The first-order valence-corrected chi connectivity index (χ1v) is 23.6. The molecule has 0 unspecified atom stereocenters. The number of furan rings is 1. The number of aromatic nitrogens is 1. The second kappa shape index (κ2) is 15.7. The van der Waals surface area contributed by atoms with Gasteiger partial charge < -0.3 is 13.9 Å². The Kier molecular flexibility index (Phi) is 8.90. The van der Waals surface area contributed by atoms with Crippen molar-refractivity contribution in [2.75, 3.05) is 4.90 Å². The van der Waals surface area contributed by atoms with Crippen LogP contribution in [0.2, 0.25) is 0 Å². The summed E-state index contributed by atoms with van der Waals surface area (Å²) in [6.45, 7) is 0. The fourth-order valence-corrected chi connectivity index (χ4v) is 10.8. The molecule has 3 heteroatoms. The number of benzene rings is 12. The predicted molar refractivity (Wildman–Crippen MR) is 292 cm³/mol. The first-order valence-electron chi connectivity index (χ1n) is 23.6. The highest BCUT2D eigenvalue weighted by Crippen LogP contribution is 2.42. The van der Waals surface area contributed by atoms with Crippen molar-refractivity contribution in [2.45, 2.75) is 0 Å². The van der Waals surface area contributed by atoms with Crippen LogP contribution >= 0.6 is 0 Å². The zero-order valence-electron chi connectivity index (χ0n) is 37.6. The second-order valence-electron chi connectivity index (χ2n) is 18.1. The average molecular weight is 879 g/mol. The summed E-state index contributed by atoms with van der Waals surface area (Å²) in [6, 6.07) is 92.5. The van der Waals surface area contributed by atoms with Crippen LogP contribution in [-0.2, 0) is 0 Å². The van der Waals surface area contributed by atoms with E-state index in [1.807, 2.05) is 0 Å². The smallest absolute Gasteiger partial charge is 0.143 e. The van der Waals surface area contributed by atoms with Crippen LogP contribution < -0.4 is 4.90 Å². The van der Waals surface area contributed by atoms with Crippen LogP contribution in [0.1, 0.15) is 0 Å². The lowest BCUT2D eigenvalue weighted by Gasteiger charge is -2.26. The van der Waals surface area contributed by atoms with E-state index in [1.165, 1.54) is 65.4 Å². The van der Waals surface area contributed by atoms with E-state index >= 15 is 0 Å². The van der Waals surface area contributed by atoms with Crippen molar-refractivity contribution in [3.63, 3.8) is 0 Å². The van der Waals surface area contributed by atoms with E-state index in [2.05, 4.69) is 264 Å². The highest BCUT2D eigenvalue weighted by molar-refractivity contribution is 6.16. The SMILES string of the molecule is c1cc(-c2ccc(N(c3ccc(-c4ccc5oc6c7ccccc7ccc6c5c4)cc3)c3ccc(-c4cc5ccccc5c5ccccc45)cc3)cc2)cc(-n2c3ccccc3c3ccccc32)c1. The van der Waals surface area contributed by atoms with Crippen molar-refractivity contribution in [2.24, 2.45) is 0 Å². The molecular weight excluding hydrogens is 837 g/mol. The van der Waals surface area contributed by atoms with Crippen molar-refractivity contribution in [3.8, 4) is 39.1 Å². The molecule has 0 atom stereocenters. The summed E-state index contributed by atoms with van der Waals surface area (Å²) in [5, 5.41) is 12.1. The van der Waals surface area contributed by atoms with Crippen molar-refractivity contribution in [3.05, 3.63) is 255 Å². The third kappa shape index (κ3) is 6.43. The normalized spacial score (nSPS) is 11.8. The standard InChI is InChI=1S/C66H42N2O/c1-4-17-55-45(12-1)30-38-60-62-41-48(31-39-65(62)69-66(55)60)44-26-34-51(35-27-44)67(52-36-28-46(29-37-52)61-42-49-13-2-3-16-54(49)56-18-5-6-19-57(56)61)50-32-24-43(25-33-50)47-14-11-15-53(40-47)68-63-22-9-7-20-58(63)59-21-8-10-23-64(59)68/h1-42H. The third-order valence-electron chi connectivity index (χ3n) is 14.2. The molecule has 322 valence electrons. The molecule has 0 spiro atoms. The lowest BCUT2D eigenvalue weighted by molar-refractivity contribution is 0.672. The van der Waals surface area contributed by atoms with E-state index in [9.17, 15) is 0 Å². The predicted octanol–water partition coefficient (Wildman–Crippen LogP) is 18.6. The fourth-order valence-electron chi connectivity index (χ4n) is 10.8. The topological polar surface area (TPSA) is 21.3 Å². The van der Waals surface area contributed by atoms with Crippen molar-refractivity contribution >= 4 is 93.1 Å². The number of hydrogen-bond donors (Lipinski definition) is 0. The van der Waals surface area contributed by atoms with E-state index in [0.29, 0.717) is 0 Å². The summed E-state index contributed by atoms with van der Waals surface area (Å²) in [4.78, 5) is 2.36. The molecule has 0 N–H and O–H groups in total. The monoisotopic (exact) mass is 878 g/mol. The second-order valence-corrected chi connectivity index (χ2v) is 18.1. The van der Waals surface area contributed by atoms with Crippen LogP contribution in [0.25, 0.3) is 115 Å². The molecule has 2 aromatic heterocycles. The van der Waals surface area contributed by atoms with Gasteiger partial charge in [0, 0.05) is 49.7 Å². The van der Waals surface area contributed by atoms with Gasteiger partial charge in [0.15, 0.2) is 0 Å². The number of hydrogen-bond acceptors (Lipinski definition) is 2. The maximum atomic E-state index is 6.46. The Morgan fingerprint density at radius 2 is 0.812 bits per heavy atom. The van der Waals surface area contributed by atoms with Gasteiger partial charge in [-0.3, -0.25) is 0 Å². The van der Waals surface area contributed by atoms with Crippen molar-refractivity contribution in [1.82, 2.24) is 4.57 Å². The molecule has 0 radical (unpaired) electrons. The molecule has 0 fully saturated rings. The Labute approximate surface area is 399 Å². The van der Waals surface area contributed by atoms with Crippen molar-refractivity contribution in [1.29, 1.82) is 0 Å². The van der Waals surface area contributed by atoms with Gasteiger partial charge in [-0.2, -0.15) is 0 Å². The van der Waals surface area contributed by atoms with E-state index in [4.69, 9.17) is 4.42 Å². The van der Waals surface area contributed by atoms with Crippen molar-refractivity contribution < 1.29 is 4.42 Å². The van der Waals surface area contributed by atoms with Gasteiger partial charge in [-0.05, 0) is 145 Å². The summed E-state index contributed by atoms with van der Waals surface area (Å²) in [7, 11) is 0. The third-order valence-corrected chi connectivity index (χ3v) is 14.2. The summed E-state index contributed by atoms with van der Waals surface area (Å²) in [5.41, 5.74) is 15.7. The van der Waals surface area contributed by atoms with E-state index < -0.39 is 0 Å². The maximum Gasteiger partial charge on any atom is 0.143 e. The molecule has 14 rings (SSSR count).